The Bertz CT molecular complexity index is 510. The Labute approximate surface area is 123 Å². The zero-order valence-corrected chi connectivity index (χ0v) is 12.8. The van der Waals surface area contributed by atoms with E-state index in [-0.39, 0.29) is 23.7 Å². The molecule has 1 fully saturated rings. The normalized spacial score (nSPS) is 18.4. The van der Waals surface area contributed by atoms with E-state index in [2.05, 4.69) is 0 Å². The van der Waals surface area contributed by atoms with E-state index in [1.165, 1.54) is 18.9 Å². The Morgan fingerprint density at radius 3 is 2.50 bits per heavy atom. The molecule has 1 aromatic rings. The van der Waals surface area contributed by atoms with Crippen LogP contribution in [0.5, 0.6) is 0 Å². The first-order valence-electron chi connectivity index (χ1n) is 6.59. The van der Waals surface area contributed by atoms with Gasteiger partial charge in [0.1, 0.15) is 12.6 Å². The van der Waals surface area contributed by atoms with E-state index < -0.39 is 0 Å². The van der Waals surface area contributed by atoms with Gasteiger partial charge >= 0.3 is 0 Å². The van der Waals surface area contributed by atoms with Gasteiger partial charge in [-0.15, -0.1) is 0 Å². The Morgan fingerprint density at radius 2 is 2.00 bits per heavy atom. The van der Waals surface area contributed by atoms with E-state index >= 15 is 0 Å². The minimum atomic E-state index is -0.371. The molecule has 2 rings (SSSR count). The molecule has 5 heteroatoms. The lowest BCUT2D eigenvalue weighted by Gasteiger charge is -2.28. The van der Waals surface area contributed by atoms with Crippen LogP contribution in [-0.2, 0) is 14.3 Å². The minimum absolute atomic E-state index is 0.0125. The number of carbonyl (C=O) groups excluding carboxylic acids is 2. The molecule has 1 aliphatic rings. The lowest BCUT2D eigenvalue weighted by atomic mass is 10.1. The molecule has 0 radical (unpaired) electrons. The van der Waals surface area contributed by atoms with Crippen molar-refractivity contribution in [3.05, 3.63) is 29.3 Å². The molecule has 108 valence electrons. The van der Waals surface area contributed by atoms with Gasteiger partial charge in [-0.05, 0) is 43.5 Å². The van der Waals surface area contributed by atoms with Gasteiger partial charge < -0.3 is 4.74 Å². The molecule has 1 aliphatic heterocycles. The molecule has 1 atom stereocenters. The molecule has 20 heavy (non-hydrogen) atoms. The summed E-state index contributed by atoms with van der Waals surface area (Å²) in [5.41, 5.74) is 2.94. The number of nitrogens with zero attached hydrogens (tertiary/aromatic N) is 1. The second-order valence-electron chi connectivity index (χ2n) is 5.01. The number of ether oxygens (including phenoxy) is 1. The third-order valence-corrected chi connectivity index (χ3v) is 4.24. The van der Waals surface area contributed by atoms with Gasteiger partial charge in [0, 0.05) is 18.6 Å². The van der Waals surface area contributed by atoms with Crippen molar-refractivity contribution in [2.24, 2.45) is 0 Å². The molecule has 1 aromatic carbocycles. The van der Waals surface area contributed by atoms with Gasteiger partial charge in [0.05, 0.1) is 0 Å². The van der Waals surface area contributed by atoms with Crippen molar-refractivity contribution >= 4 is 28.5 Å². The molecule has 1 unspecified atom stereocenters. The fourth-order valence-electron chi connectivity index (χ4n) is 2.50. The molecule has 0 bridgehead atoms. The largest absolute Gasteiger partial charge is 0.375 e. The van der Waals surface area contributed by atoms with Crippen LogP contribution in [0.1, 0.15) is 17.5 Å². The van der Waals surface area contributed by atoms with E-state index in [1.807, 2.05) is 32.0 Å². The topological polar surface area (TPSA) is 46.6 Å². The van der Waals surface area contributed by atoms with Crippen LogP contribution in [0.15, 0.2) is 18.2 Å². The van der Waals surface area contributed by atoms with Crippen molar-refractivity contribution in [2.75, 3.05) is 24.4 Å². The number of anilines is 1. The fourth-order valence-corrected chi connectivity index (χ4v) is 3.46. The van der Waals surface area contributed by atoms with Gasteiger partial charge in [0.15, 0.2) is 0 Å². The van der Waals surface area contributed by atoms with E-state index in [9.17, 15) is 9.59 Å². The van der Waals surface area contributed by atoms with Crippen LogP contribution in [0.4, 0.5) is 5.69 Å². The molecule has 1 saturated heterocycles. The third-order valence-electron chi connectivity index (χ3n) is 3.24. The van der Waals surface area contributed by atoms with Crippen molar-refractivity contribution in [3.63, 3.8) is 0 Å². The number of methoxy groups -OCH3 is 1. The molecule has 1 heterocycles. The van der Waals surface area contributed by atoms with Crippen LogP contribution in [0, 0.1) is 13.8 Å². The van der Waals surface area contributed by atoms with Crippen LogP contribution in [0.3, 0.4) is 0 Å². The van der Waals surface area contributed by atoms with Gasteiger partial charge in [-0.1, -0.05) is 17.8 Å². The summed E-state index contributed by atoms with van der Waals surface area (Å²) in [7, 11) is 1.49. The summed E-state index contributed by atoms with van der Waals surface area (Å²) in [6, 6.07) is 5.56. The number of amides is 1. The number of benzene rings is 1. The molecule has 0 aliphatic carbocycles. The highest BCUT2D eigenvalue weighted by Gasteiger charge is 2.35. The summed E-state index contributed by atoms with van der Waals surface area (Å²) in [5.74, 6) is 0.601. The monoisotopic (exact) mass is 293 g/mol. The maximum atomic E-state index is 12.3. The average molecular weight is 293 g/mol. The zero-order chi connectivity index (χ0) is 14.7. The summed E-state index contributed by atoms with van der Waals surface area (Å²) in [5, 5.41) is 0.0635. The number of rotatable bonds is 4. The van der Waals surface area contributed by atoms with Crippen molar-refractivity contribution in [2.45, 2.75) is 26.3 Å². The molecule has 0 spiro atoms. The molecular weight excluding hydrogens is 274 g/mol. The molecule has 1 amide bonds. The van der Waals surface area contributed by atoms with Gasteiger partial charge in [0.2, 0.25) is 5.12 Å². The van der Waals surface area contributed by atoms with Crippen molar-refractivity contribution in [3.8, 4) is 0 Å². The Balaban J connectivity index is 2.39. The van der Waals surface area contributed by atoms with E-state index in [1.54, 1.807) is 4.90 Å². The smallest absolute Gasteiger partial charge is 0.253 e. The highest BCUT2D eigenvalue weighted by molar-refractivity contribution is 8.14. The number of hydrogen-bond donors (Lipinski definition) is 0. The van der Waals surface area contributed by atoms with Gasteiger partial charge in [-0.2, -0.15) is 0 Å². The molecule has 4 nitrogen and oxygen atoms in total. The Hall–Kier alpha value is -1.33. The van der Waals surface area contributed by atoms with Crippen LogP contribution in [-0.4, -0.2) is 36.5 Å². The van der Waals surface area contributed by atoms with Crippen LogP contribution in [0.25, 0.3) is 0 Å². The summed E-state index contributed by atoms with van der Waals surface area (Å²) in [4.78, 5) is 25.9. The standard InChI is InChI=1S/C15H19NO3S/c1-10-6-11(2)8-12(7-10)16(14(17)9-19-3)13-4-5-20-15(13)18/h6-8,13H,4-5,9H2,1-3H3. The summed E-state index contributed by atoms with van der Waals surface area (Å²) < 4.78 is 4.95. The number of hydrogen-bond acceptors (Lipinski definition) is 4. The minimum Gasteiger partial charge on any atom is -0.375 e. The van der Waals surface area contributed by atoms with E-state index in [0.717, 1.165) is 22.6 Å². The van der Waals surface area contributed by atoms with E-state index in [0.29, 0.717) is 6.42 Å². The third kappa shape index (κ3) is 3.22. The Kier molecular flexibility index (Phi) is 4.83. The summed E-state index contributed by atoms with van der Waals surface area (Å²) in [6.45, 7) is 3.96. The summed E-state index contributed by atoms with van der Waals surface area (Å²) >= 11 is 1.30. The highest BCUT2D eigenvalue weighted by Crippen LogP contribution is 2.30. The summed E-state index contributed by atoms with van der Waals surface area (Å²) in [6.07, 6.45) is 0.700. The lowest BCUT2D eigenvalue weighted by molar-refractivity contribution is -0.124. The van der Waals surface area contributed by atoms with Gasteiger partial charge in [-0.25, -0.2) is 0 Å². The molecule has 0 aromatic heterocycles. The first-order chi connectivity index (χ1) is 9.52. The molecule has 0 saturated carbocycles. The van der Waals surface area contributed by atoms with Crippen molar-refractivity contribution in [1.29, 1.82) is 0 Å². The first-order valence-corrected chi connectivity index (χ1v) is 7.57. The van der Waals surface area contributed by atoms with Crippen LogP contribution >= 0.6 is 11.8 Å². The second-order valence-corrected chi connectivity index (χ2v) is 6.11. The maximum Gasteiger partial charge on any atom is 0.253 e. The predicted molar refractivity (Wildman–Crippen MR) is 81.1 cm³/mol. The quantitative estimate of drug-likeness (QED) is 0.854. The fraction of sp³-hybridized carbons (Fsp3) is 0.467. The number of aryl methyl sites for hydroxylation is 2. The highest BCUT2D eigenvalue weighted by atomic mass is 32.2. The SMILES string of the molecule is COCC(=O)N(c1cc(C)cc(C)c1)C1CCSC1=O. The first kappa shape index (κ1) is 15.1. The predicted octanol–water partition coefficient (Wildman–Crippen LogP) is 2.31. The van der Waals surface area contributed by atoms with E-state index in [4.69, 9.17) is 4.74 Å². The van der Waals surface area contributed by atoms with Gasteiger partial charge in [0.25, 0.3) is 5.91 Å². The molecular formula is C15H19NO3S. The van der Waals surface area contributed by atoms with Crippen LogP contribution in [0.2, 0.25) is 0 Å². The maximum absolute atomic E-state index is 12.3. The zero-order valence-electron chi connectivity index (χ0n) is 12.0. The van der Waals surface area contributed by atoms with Crippen LogP contribution < -0.4 is 4.90 Å². The number of thioether (sulfide) groups is 1. The second kappa shape index (κ2) is 6.41. The number of carbonyl (C=O) groups is 2. The van der Waals surface area contributed by atoms with Crippen molar-refractivity contribution in [1.82, 2.24) is 0 Å². The van der Waals surface area contributed by atoms with Gasteiger partial charge in [-0.3, -0.25) is 14.5 Å². The lowest BCUT2D eigenvalue weighted by Crippen LogP contribution is -2.44. The molecule has 0 N–H and O–H groups in total. The Morgan fingerprint density at radius 1 is 1.35 bits per heavy atom. The average Bonchev–Trinajstić information content (AvgIpc) is 2.75. The van der Waals surface area contributed by atoms with Crippen molar-refractivity contribution < 1.29 is 14.3 Å².